The molecule has 1 N–H and O–H groups in total. The number of methoxy groups -OCH3 is 1. The van der Waals surface area contributed by atoms with Gasteiger partial charge in [0, 0.05) is 0 Å². The third-order valence-corrected chi connectivity index (χ3v) is 3.17. The maximum atomic E-state index is 11.6. The normalized spacial score (nSPS) is 14.8. The summed E-state index contributed by atoms with van der Waals surface area (Å²) < 4.78 is 6.19. The molecule has 2 heterocycles. The van der Waals surface area contributed by atoms with Gasteiger partial charge in [0.05, 0.1) is 32.4 Å². The minimum atomic E-state index is -0.556. The van der Waals surface area contributed by atoms with Crippen molar-refractivity contribution in [2.45, 2.75) is 26.3 Å². The molecule has 0 aliphatic carbocycles. The van der Waals surface area contributed by atoms with Gasteiger partial charge in [0.1, 0.15) is 0 Å². The van der Waals surface area contributed by atoms with Gasteiger partial charge in [-0.25, -0.2) is 14.3 Å². The summed E-state index contributed by atoms with van der Waals surface area (Å²) in [4.78, 5) is 35.7. The zero-order chi connectivity index (χ0) is 15.6. The predicted molar refractivity (Wildman–Crippen MR) is 70.6 cm³/mol. The van der Waals surface area contributed by atoms with Crippen molar-refractivity contribution in [3.63, 3.8) is 0 Å². The summed E-state index contributed by atoms with van der Waals surface area (Å²) in [6.07, 6.45) is 0. The average Bonchev–Trinajstić information content (AvgIpc) is 3.00. The molecule has 1 saturated heterocycles. The van der Waals surface area contributed by atoms with E-state index in [9.17, 15) is 14.4 Å². The number of ether oxygens (including phenoxy) is 1. The van der Waals surface area contributed by atoms with Crippen LogP contribution in [0.15, 0.2) is 0 Å². The van der Waals surface area contributed by atoms with Gasteiger partial charge in [0.2, 0.25) is 5.91 Å². The van der Waals surface area contributed by atoms with Gasteiger partial charge in [-0.2, -0.15) is 0 Å². The van der Waals surface area contributed by atoms with Gasteiger partial charge < -0.3 is 10.1 Å². The molecule has 0 atom stereocenters. The lowest BCUT2D eigenvalue weighted by Gasteiger charge is -2.14. The van der Waals surface area contributed by atoms with Crippen molar-refractivity contribution < 1.29 is 19.1 Å². The van der Waals surface area contributed by atoms with Crippen LogP contribution in [0.2, 0.25) is 0 Å². The van der Waals surface area contributed by atoms with Gasteiger partial charge in [-0.05, 0) is 5.92 Å². The highest BCUT2D eigenvalue weighted by atomic mass is 16.5. The van der Waals surface area contributed by atoms with Crippen molar-refractivity contribution in [1.82, 2.24) is 25.2 Å². The molecule has 0 unspecified atom stereocenters. The lowest BCUT2D eigenvalue weighted by atomic mass is 10.1. The Labute approximate surface area is 121 Å². The van der Waals surface area contributed by atoms with Crippen LogP contribution in [0.3, 0.4) is 0 Å². The molecule has 1 fully saturated rings. The van der Waals surface area contributed by atoms with E-state index in [2.05, 4.69) is 20.4 Å². The number of carbonyl (C=O) groups excluding carboxylic acids is 3. The van der Waals surface area contributed by atoms with Crippen molar-refractivity contribution in [3.05, 3.63) is 11.4 Å². The van der Waals surface area contributed by atoms with Gasteiger partial charge >= 0.3 is 12.0 Å². The highest BCUT2D eigenvalue weighted by molar-refractivity contribution is 6.01. The van der Waals surface area contributed by atoms with E-state index in [1.807, 2.05) is 13.8 Å². The molecule has 1 aromatic rings. The SMILES string of the molecule is COC(=O)c1nnn(CCN2C(=O)CNC2=O)c1C(C)C. The third-order valence-electron chi connectivity index (χ3n) is 3.17. The van der Waals surface area contributed by atoms with E-state index >= 15 is 0 Å². The molecule has 2 rings (SSSR count). The monoisotopic (exact) mass is 295 g/mol. The van der Waals surface area contributed by atoms with Crippen LogP contribution in [0.4, 0.5) is 4.79 Å². The maximum absolute atomic E-state index is 11.6. The van der Waals surface area contributed by atoms with E-state index in [1.54, 1.807) is 0 Å². The molecule has 9 nitrogen and oxygen atoms in total. The van der Waals surface area contributed by atoms with Crippen LogP contribution < -0.4 is 5.32 Å². The van der Waals surface area contributed by atoms with E-state index in [1.165, 1.54) is 11.8 Å². The first-order chi connectivity index (χ1) is 9.95. The maximum Gasteiger partial charge on any atom is 0.360 e. The summed E-state index contributed by atoms with van der Waals surface area (Å²) in [6.45, 7) is 4.26. The van der Waals surface area contributed by atoms with Gasteiger partial charge in [-0.1, -0.05) is 19.1 Å². The lowest BCUT2D eigenvalue weighted by molar-refractivity contribution is -0.125. The number of esters is 1. The number of urea groups is 1. The predicted octanol–water partition coefficient (Wildman–Crippen LogP) is -0.260. The minimum Gasteiger partial charge on any atom is -0.464 e. The molecule has 3 amide bonds. The first kappa shape index (κ1) is 14.9. The number of rotatable bonds is 5. The van der Waals surface area contributed by atoms with Crippen LogP contribution in [0, 0.1) is 0 Å². The molecule has 0 radical (unpaired) electrons. The zero-order valence-corrected chi connectivity index (χ0v) is 12.1. The number of hydrogen-bond acceptors (Lipinski definition) is 6. The fourth-order valence-electron chi connectivity index (χ4n) is 2.18. The third kappa shape index (κ3) is 2.86. The summed E-state index contributed by atoms with van der Waals surface area (Å²) in [7, 11) is 1.28. The quantitative estimate of drug-likeness (QED) is 0.592. The lowest BCUT2D eigenvalue weighted by Crippen LogP contribution is -2.34. The Morgan fingerprint density at radius 1 is 1.38 bits per heavy atom. The number of aromatic nitrogens is 3. The number of nitrogens with one attached hydrogen (secondary N) is 1. The largest absolute Gasteiger partial charge is 0.464 e. The van der Waals surface area contributed by atoms with E-state index in [0.717, 1.165) is 4.90 Å². The summed E-state index contributed by atoms with van der Waals surface area (Å²) in [5.41, 5.74) is 0.776. The van der Waals surface area contributed by atoms with Gasteiger partial charge in [-0.3, -0.25) is 9.69 Å². The second-order valence-corrected chi connectivity index (χ2v) is 4.90. The van der Waals surface area contributed by atoms with E-state index < -0.39 is 12.0 Å². The molecule has 0 saturated carbocycles. The topological polar surface area (TPSA) is 106 Å². The Balaban J connectivity index is 2.17. The van der Waals surface area contributed by atoms with Gasteiger partial charge in [0.25, 0.3) is 0 Å². The van der Waals surface area contributed by atoms with Crippen LogP contribution in [0.1, 0.15) is 35.9 Å². The van der Waals surface area contributed by atoms with Crippen LogP contribution in [-0.4, -0.2) is 58.0 Å². The molecule has 9 heteroatoms. The first-order valence-electron chi connectivity index (χ1n) is 6.55. The van der Waals surface area contributed by atoms with E-state index in [4.69, 9.17) is 0 Å². The summed E-state index contributed by atoms with van der Waals surface area (Å²) in [5.74, 6) is -0.837. The molecular formula is C12H17N5O4. The van der Waals surface area contributed by atoms with Crippen LogP contribution in [0.5, 0.6) is 0 Å². The second-order valence-electron chi connectivity index (χ2n) is 4.90. The fourth-order valence-corrected chi connectivity index (χ4v) is 2.18. The Morgan fingerprint density at radius 3 is 2.62 bits per heavy atom. The number of hydrogen-bond donors (Lipinski definition) is 1. The summed E-state index contributed by atoms with van der Waals surface area (Å²) in [6, 6.07) is -0.417. The second kappa shape index (κ2) is 5.90. The van der Waals surface area contributed by atoms with E-state index in [-0.39, 0.29) is 37.2 Å². The number of amides is 3. The van der Waals surface area contributed by atoms with Crippen molar-refractivity contribution in [3.8, 4) is 0 Å². The average molecular weight is 295 g/mol. The molecule has 1 aliphatic rings. The van der Waals surface area contributed by atoms with Crippen LogP contribution >= 0.6 is 0 Å². The smallest absolute Gasteiger partial charge is 0.360 e. The Morgan fingerprint density at radius 2 is 2.10 bits per heavy atom. The number of nitrogens with zero attached hydrogens (tertiary/aromatic N) is 4. The molecule has 21 heavy (non-hydrogen) atoms. The number of carbonyl (C=O) groups is 3. The number of imide groups is 1. The Bertz CT molecular complexity index is 564. The molecule has 0 spiro atoms. The Hall–Kier alpha value is -2.45. The highest BCUT2D eigenvalue weighted by Gasteiger charge is 2.29. The Kier molecular flexibility index (Phi) is 4.20. The molecule has 1 aliphatic heterocycles. The van der Waals surface area contributed by atoms with Gasteiger partial charge in [0.15, 0.2) is 5.69 Å². The fraction of sp³-hybridized carbons (Fsp3) is 0.583. The minimum absolute atomic E-state index is 0.00259. The molecule has 0 bridgehead atoms. The first-order valence-corrected chi connectivity index (χ1v) is 6.55. The van der Waals surface area contributed by atoms with Crippen LogP contribution in [-0.2, 0) is 16.1 Å². The van der Waals surface area contributed by atoms with Crippen molar-refractivity contribution in [2.75, 3.05) is 20.2 Å². The summed E-state index contributed by atoms with van der Waals surface area (Å²) >= 11 is 0. The molecule has 1 aromatic heterocycles. The van der Waals surface area contributed by atoms with Crippen molar-refractivity contribution in [1.29, 1.82) is 0 Å². The molecule has 0 aromatic carbocycles. The highest BCUT2D eigenvalue weighted by Crippen LogP contribution is 2.18. The molecular weight excluding hydrogens is 278 g/mol. The van der Waals surface area contributed by atoms with Gasteiger partial charge in [-0.15, -0.1) is 5.10 Å². The van der Waals surface area contributed by atoms with Crippen molar-refractivity contribution >= 4 is 17.9 Å². The standard InChI is InChI=1S/C12H17N5O4/c1-7(2)10-9(11(19)21-3)14-15-17(10)5-4-16-8(18)6-13-12(16)20/h7H,4-6H2,1-3H3,(H,13,20). The zero-order valence-electron chi connectivity index (χ0n) is 12.1. The van der Waals surface area contributed by atoms with E-state index in [0.29, 0.717) is 5.69 Å². The van der Waals surface area contributed by atoms with Crippen LogP contribution in [0.25, 0.3) is 0 Å². The summed E-state index contributed by atoms with van der Waals surface area (Å²) in [5, 5.41) is 10.2. The molecule has 114 valence electrons. The van der Waals surface area contributed by atoms with Crippen molar-refractivity contribution in [2.24, 2.45) is 0 Å².